The molecule has 0 spiro atoms. The first-order chi connectivity index (χ1) is 10.1. The number of para-hydroxylation sites is 1. The number of ketones is 1. The van der Waals surface area contributed by atoms with Crippen LogP contribution in [0, 0.1) is 0 Å². The minimum atomic E-state index is -2.28. The molecular formula is C15H15NO4S. The molecular weight excluding hydrogens is 290 g/mol. The molecule has 5 nitrogen and oxygen atoms in total. The third-order valence-corrected chi connectivity index (χ3v) is 3.78. The van der Waals surface area contributed by atoms with Crippen molar-refractivity contribution in [3.63, 3.8) is 0 Å². The van der Waals surface area contributed by atoms with Crippen LogP contribution < -0.4 is 10.1 Å². The number of carbonyl (C=O) groups excluding carboxylic acids is 1. The normalized spacial score (nSPS) is 11.8. The average molecular weight is 305 g/mol. The van der Waals surface area contributed by atoms with Gasteiger partial charge in [0.1, 0.15) is 5.75 Å². The molecule has 21 heavy (non-hydrogen) atoms. The molecule has 0 aliphatic heterocycles. The van der Waals surface area contributed by atoms with Gasteiger partial charge in [-0.05, 0) is 30.3 Å². The van der Waals surface area contributed by atoms with Crippen molar-refractivity contribution in [3.05, 3.63) is 53.6 Å². The third kappa shape index (κ3) is 3.12. The second-order valence-electron chi connectivity index (χ2n) is 4.24. The predicted octanol–water partition coefficient (Wildman–Crippen LogP) is 2.55. The average Bonchev–Trinajstić information content (AvgIpc) is 2.53. The first-order valence-corrected chi connectivity index (χ1v) is 7.29. The summed E-state index contributed by atoms with van der Waals surface area (Å²) in [6, 6.07) is 11.5. The summed E-state index contributed by atoms with van der Waals surface area (Å²) in [6.45, 7) is 0. The summed E-state index contributed by atoms with van der Waals surface area (Å²) in [5, 5.41) is 2.93. The zero-order valence-corrected chi connectivity index (χ0v) is 12.4. The van der Waals surface area contributed by atoms with Gasteiger partial charge >= 0.3 is 0 Å². The van der Waals surface area contributed by atoms with Gasteiger partial charge in [-0.3, -0.25) is 4.79 Å². The Morgan fingerprint density at radius 2 is 1.90 bits per heavy atom. The van der Waals surface area contributed by atoms with Crippen LogP contribution in [-0.4, -0.2) is 28.7 Å². The minimum Gasteiger partial charge on any atom is -0.497 e. The van der Waals surface area contributed by atoms with Gasteiger partial charge in [-0.2, -0.15) is 0 Å². The Labute approximate surface area is 125 Å². The monoisotopic (exact) mass is 305 g/mol. The Balaban J connectivity index is 2.55. The van der Waals surface area contributed by atoms with E-state index in [4.69, 9.17) is 4.74 Å². The van der Waals surface area contributed by atoms with E-state index in [1.807, 2.05) is 6.07 Å². The summed E-state index contributed by atoms with van der Waals surface area (Å²) in [7, 11) is 3.17. The van der Waals surface area contributed by atoms with E-state index in [0.29, 0.717) is 17.0 Å². The molecule has 0 fully saturated rings. The third-order valence-electron chi connectivity index (χ3n) is 3.06. The molecule has 0 aliphatic carbocycles. The highest BCUT2D eigenvalue weighted by atomic mass is 32.2. The first kappa shape index (κ1) is 15.2. The van der Waals surface area contributed by atoms with Gasteiger partial charge in [-0.1, -0.05) is 12.1 Å². The number of benzene rings is 2. The van der Waals surface area contributed by atoms with Crippen LogP contribution in [0.2, 0.25) is 0 Å². The molecule has 0 radical (unpaired) electrons. The van der Waals surface area contributed by atoms with Crippen LogP contribution in [0.15, 0.2) is 47.4 Å². The van der Waals surface area contributed by atoms with Crippen LogP contribution in [0.1, 0.15) is 15.9 Å². The van der Waals surface area contributed by atoms with Crippen molar-refractivity contribution in [2.45, 2.75) is 4.90 Å². The zero-order valence-electron chi connectivity index (χ0n) is 11.6. The molecule has 2 N–H and O–H groups in total. The van der Waals surface area contributed by atoms with Crippen LogP contribution in [-0.2, 0) is 11.1 Å². The maximum atomic E-state index is 12.6. The lowest BCUT2D eigenvalue weighted by Crippen LogP contribution is -2.09. The molecule has 2 rings (SSSR count). The van der Waals surface area contributed by atoms with Crippen molar-refractivity contribution in [1.82, 2.24) is 0 Å². The molecule has 0 aliphatic rings. The number of nitrogens with one attached hydrogen (secondary N) is 1. The fraction of sp³-hybridized carbons (Fsp3) is 0.133. The quantitative estimate of drug-likeness (QED) is 0.656. The number of rotatable bonds is 5. The molecule has 6 heteroatoms. The lowest BCUT2D eigenvalue weighted by molar-refractivity contribution is 0.103. The molecule has 1 atom stereocenters. The van der Waals surface area contributed by atoms with Gasteiger partial charge in [0, 0.05) is 23.9 Å². The van der Waals surface area contributed by atoms with E-state index >= 15 is 0 Å². The molecule has 110 valence electrons. The van der Waals surface area contributed by atoms with Crippen LogP contribution in [0.3, 0.4) is 0 Å². The highest BCUT2D eigenvalue weighted by Crippen LogP contribution is 2.25. The van der Waals surface area contributed by atoms with Crippen molar-refractivity contribution in [2.75, 3.05) is 19.5 Å². The van der Waals surface area contributed by atoms with Gasteiger partial charge < -0.3 is 14.6 Å². The van der Waals surface area contributed by atoms with Crippen molar-refractivity contribution in [3.8, 4) is 5.75 Å². The lowest BCUT2D eigenvalue weighted by atomic mass is 10.0. The van der Waals surface area contributed by atoms with E-state index in [9.17, 15) is 13.6 Å². The minimum absolute atomic E-state index is 0.0326. The molecule has 0 saturated carbocycles. The van der Waals surface area contributed by atoms with E-state index in [0.717, 1.165) is 0 Å². The molecule has 0 bridgehead atoms. The number of anilines is 1. The van der Waals surface area contributed by atoms with Crippen molar-refractivity contribution < 1.29 is 18.3 Å². The van der Waals surface area contributed by atoms with E-state index in [2.05, 4.69) is 5.32 Å². The second-order valence-corrected chi connectivity index (χ2v) is 5.17. The largest absolute Gasteiger partial charge is 0.497 e. The van der Waals surface area contributed by atoms with E-state index in [1.165, 1.54) is 19.2 Å². The van der Waals surface area contributed by atoms with E-state index < -0.39 is 11.1 Å². The maximum absolute atomic E-state index is 12.6. The summed E-state index contributed by atoms with van der Waals surface area (Å²) in [4.78, 5) is 12.7. The molecule has 0 aromatic heterocycles. The molecule has 0 amide bonds. The number of hydrogen-bond donors (Lipinski definition) is 2. The maximum Gasteiger partial charge on any atom is 0.196 e. The summed E-state index contributed by atoms with van der Waals surface area (Å²) >= 11 is -2.28. The highest BCUT2D eigenvalue weighted by Gasteiger charge is 2.19. The molecule has 2 aromatic rings. The van der Waals surface area contributed by atoms with Crippen LogP contribution in [0.4, 0.5) is 5.69 Å². The van der Waals surface area contributed by atoms with Gasteiger partial charge in [0.2, 0.25) is 0 Å². The van der Waals surface area contributed by atoms with Gasteiger partial charge in [0.05, 0.1) is 12.0 Å². The summed E-state index contributed by atoms with van der Waals surface area (Å²) in [6.07, 6.45) is 0. The van der Waals surface area contributed by atoms with Crippen molar-refractivity contribution in [1.29, 1.82) is 0 Å². The Hall–Kier alpha value is -2.18. The SMILES string of the molecule is CNc1ccccc1C(=O)c1ccc(OC)cc1S(=O)O. The first-order valence-electron chi connectivity index (χ1n) is 6.19. The second kappa shape index (κ2) is 6.51. The summed E-state index contributed by atoms with van der Waals surface area (Å²) in [5.74, 6) is 0.103. The Morgan fingerprint density at radius 3 is 2.52 bits per heavy atom. The number of methoxy groups -OCH3 is 1. The summed E-state index contributed by atoms with van der Waals surface area (Å²) < 4.78 is 25.9. The standard InChI is InChI=1S/C15H15NO4S/c1-16-13-6-4-3-5-11(13)15(17)12-8-7-10(20-2)9-14(12)21(18)19/h3-9,16H,1-2H3,(H,18,19). The predicted molar refractivity (Wildman–Crippen MR) is 81.5 cm³/mol. The Morgan fingerprint density at radius 1 is 1.19 bits per heavy atom. The topological polar surface area (TPSA) is 75.6 Å². The van der Waals surface area contributed by atoms with Crippen molar-refractivity contribution >= 4 is 22.6 Å². The Kier molecular flexibility index (Phi) is 4.72. The zero-order chi connectivity index (χ0) is 15.4. The fourth-order valence-corrected chi connectivity index (χ4v) is 2.57. The molecule has 1 unspecified atom stereocenters. The van der Waals surface area contributed by atoms with Crippen LogP contribution in [0.5, 0.6) is 5.75 Å². The van der Waals surface area contributed by atoms with Gasteiger partial charge in [-0.15, -0.1) is 0 Å². The number of carbonyl (C=O) groups is 1. The molecule has 2 aromatic carbocycles. The lowest BCUT2D eigenvalue weighted by Gasteiger charge is -2.11. The van der Waals surface area contributed by atoms with Gasteiger partial charge in [0.15, 0.2) is 16.9 Å². The number of hydrogen-bond acceptors (Lipinski definition) is 4. The van der Waals surface area contributed by atoms with Gasteiger partial charge in [-0.25, -0.2) is 4.21 Å². The van der Waals surface area contributed by atoms with E-state index in [-0.39, 0.29) is 16.2 Å². The molecule has 0 heterocycles. The van der Waals surface area contributed by atoms with Gasteiger partial charge in [0.25, 0.3) is 0 Å². The van der Waals surface area contributed by atoms with E-state index in [1.54, 1.807) is 31.3 Å². The fourth-order valence-electron chi connectivity index (χ4n) is 2.01. The number of ether oxygens (including phenoxy) is 1. The smallest absolute Gasteiger partial charge is 0.196 e. The summed E-state index contributed by atoms with van der Waals surface area (Å²) in [5.41, 5.74) is 1.28. The van der Waals surface area contributed by atoms with Crippen LogP contribution in [0.25, 0.3) is 0 Å². The Bertz CT molecular complexity index is 700. The van der Waals surface area contributed by atoms with Crippen LogP contribution >= 0.6 is 0 Å². The molecule has 0 saturated heterocycles. The van der Waals surface area contributed by atoms with Crippen molar-refractivity contribution in [2.24, 2.45) is 0 Å². The highest BCUT2D eigenvalue weighted by molar-refractivity contribution is 7.79.